The molecule has 0 amide bonds. The van der Waals surface area contributed by atoms with Gasteiger partial charge in [-0.15, -0.1) is 5.10 Å². The monoisotopic (exact) mass is 395 g/mol. The van der Waals surface area contributed by atoms with Crippen LogP contribution < -0.4 is 10.9 Å². The molecule has 1 N–H and O–H groups in total. The van der Waals surface area contributed by atoms with Gasteiger partial charge in [0, 0.05) is 30.6 Å². The molecule has 0 aromatic carbocycles. The summed E-state index contributed by atoms with van der Waals surface area (Å²) in [6.07, 6.45) is 4.91. The number of likely N-dealkylation sites (tertiary alicyclic amines) is 1. The zero-order valence-corrected chi connectivity index (χ0v) is 17.4. The zero-order valence-electron chi connectivity index (χ0n) is 17.4. The molecular formula is C21H29N7O. The summed E-state index contributed by atoms with van der Waals surface area (Å²) in [5, 5.41) is 25.0. The van der Waals surface area contributed by atoms with Gasteiger partial charge in [0.2, 0.25) is 0 Å². The molecule has 3 heterocycles. The number of rotatable bonds is 6. The Balaban J connectivity index is 1.65. The number of nitriles is 1. The molecular weight excluding hydrogens is 366 g/mol. The smallest absolute Gasteiger partial charge is 0.266 e. The molecule has 0 bridgehead atoms. The first-order valence-electron chi connectivity index (χ1n) is 10.2. The summed E-state index contributed by atoms with van der Waals surface area (Å²) in [6, 6.07) is 7.55. The summed E-state index contributed by atoms with van der Waals surface area (Å²) < 4.78 is 1.58. The summed E-state index contributed by atoms with van der Waals surface area (Å²) in [4.78, 5) is 14.7. The fourth-order valence-corrected chi connectivity index (χ4v) is 3.58. The zero-order chi connectivity index (χ0) is 20.9. The van der Waals surface area contributed by atoms with Crippen LogP contribution in [0.2, 0.25) is 0 Å². The lowest BCUT2D eigenvalue weighted by Crippen LogP contribution is -2.46. The summed E-state index contributed by atoms with van der Waals surface area (Å²) in [5.74, 6) is 0.524. The normalized spacial score (nSPS) is 17.7. The van der Waals surface area contributed by atoms with Gasteiger partial charge < -0.3 is 5.32 Å². The minimum atomic E-state index is -0.0950. The Kier molecular flexibility index (Phi) is 6.60. The fraction of sp³-hybridized carbons (Fsp3) is 0.571. The highest BCUT2D eigenvalue weighted by Crippen LogP contribution is 2.19. The third-order valence-corrected chi connectivity index (χ3v) is 5.33. The van der Waals surface area contributed by atoms with Gasteiger partial charge in [-0.25, -0.2) is 4.68 Å². The Morgan fingerprint density at radius 2 is 2.07 bits per heavy atom. The number of hydrogen-bond donors (Lipinski definition) is 1. The molecule has 3 rings (SSSR count). The van der Waals surface area contributed by atoms with Crippen molar-refractivity contribution in [1.82, 2.24) is 24.9 Å². The second-order valence-electron chi connectivity index (χ2n) is 8.50. The van der Waals surface area contributed by atoms with Gasteiger partial charge in [-0.1, -0.05) is 27.2 Å². The quantitative estimate of drug-likeness (QED) is 0.800. The molecule has 8 nitrogen and oxygen atoms in total. The number of aromatic nitrogens is 4. The maximum atomic E-state index is 12.3. The van der Waals surface area contributed by atoms with Crippen molar-refractivity contribution in [3.63, 3.8) is 0 Å². The van der Waals surface area contributed by atoms with Crippen LogP contribution in [-0.2, 0) is 12.0 Å². The Morgan fingerprint density at radius 1 is 1.24 bits per heavy atom. The number of nitrogens with one attached hydrogen (secondary N) is 1. The molecule has 1 atom stereocenters. The van der Waals surface area contributed by atoms with E-state index < -0.39 is 0 Å². The summed E-state index contributed by atoms with van der Waals surface area (Å²) in [5.41, 5.74) is 1.25. The van der Waals surface area contributed by atoms with Crippen molar-refractivity contribution in [1.29, 1.82) is 5.26 Å². The highest BCUT2D eigenvalue weighted by Gasteiger charge is 2.23. The number of piperidine rings is 1. The summed E-state index contributed by atoms with van der Waals surface area (Å²) in [6.45, 7) is 9.30. The molecule has 154 valence electrons. The largest absolute Gasteiger partial charge is 0.366 e. The molecule has 1 fully saturated rings. The van der Waals surface area contributed by atoms with Gasteiger partial charge in [0.1, 0.15) is 6.07 Å². The van der Waals surface area contributed by atoms with Gasteiger partial charge in [-0.2, -0.15) is 15.5 Å². The van der Waals surface area contributed by atoms with Gasteiger partial charge in [0.25, 0.3) is 5.56 Å². The Bertz CT molecular complexity index is 926. The second kappa shape index (κ2) is 9.14. The van der Waals surface area contributed by atoms with E-state index in [0.29, 0.717) is 30.5 Å². The number of hydrogen-bond acceptors (Lipinski definition) is 7. The molecule has 0 radical (unpaired) electrons. The Labute approximate surface area is 171 Å². The molecule has 29 heavy (non-hydrogen) atoms. The van der Waals surface area contributed by atoms with Gasteiger partial charge in [-0.05, 0) is 31.5 Å². The van der Waals surface area contributed by atoms with Crippen molar-refractivity contribution in [2.24, 2.45) is 0 Å². The molecule has 2 aromatic rings. The van der Waals surface area contributed by atoms with Crippen molar-refractivity contribution in [2.45, 2.75) is 58.0 Å². The SMILES string of the molecule is CC(C)(C)c1ccc(=O)n(CCN2CCCCC2CNc2nnccc2C#N)n1. The molecule has 0 spiro atoms. The van der Waals surface area contributed by atoms with E-state index in [4.69, 9.17) is 0 Å². The first-order valence-corrected chi connectivity index (χ1v) is 10.2. The Hall–Kier alpha value is -2.79. The highest BCUT2D eigenvalue weighted by atomic mass is 16.1. The van der Waals surface area contributed by atoms with Gasteiger partial charge in [-0.3, -0.25) is 9.69 Å². The van der Waals surface area contributed by atoms with Crippen LogP contribution in [0, 0.1) is 11.3 Å². The standard InChI is InChI=1S/C21H29N7O/c1-21(2,3)18-7-8-19(29)28(26-18)13-12-27-11-5-4-6-17(27)15-23-20-16(14-22)9-10-24-25-20/h7-10,17H,4-6,11-13,15H2,1-3H3,(H,23,25). The molecule has 1 unspecified atom stereocenters. The molecule has 2 aromatic heterocycles. The molecule has 1 aliphatic heterocycles. The van der Waals surface area contributed by atoms with Crippen LogP contribution in [-0.4, -0.2) is 50.6 Å². The minimum Gasteiger partial charge on any atom is -0.366 e. The average Bonchev–Trinajstić information content (AvgIpc) is 2.71. The molecule has 8 heteroatoms. The van der Waals surface area contributed by atoms with E-state index in [9.17, 15) is 10.1 Å². The molecule has 0 saturated carbocycles. The van der Waals surface area contributed by atoms with Gasteiger partial charge >= 0.3 is 0 Å². The average molecular weight is 396 g/mol. The molecule has 1 saturated heterocycles. The topological polar surface area (TPSA) is 99.7 Å². The van der Waals surface area contributed by atoms with Crippen LogP contribution in [0.5, 0.6) is 0 Å². The van der Waals surface area contributed by atoms with Crippen LogP contribution in [0.4, 0.5) is 5.82 Å². The number of nitrogens with zero attached hydrogens (tertiary/aromatic N) is 6. The van der Waals surface area contributed by atoms with E-state index in [0.717, 1.165) is 31.6 Å². The predicted molar refractivity (Wildman–Crippen MR) is 112 cm³/mol. The predicted octanol–water partition coefficient (Wildman–Crippen LogP) is 2.17. The lowest BCUT2D eigenvalue weighted by Gasteiger charge is -2.36. The first kappa shape index (κ1) is 20.9. The first-order chi connectivity index (χ1) is 13.9. The maximum Gasteiger partial charge on any atom is 0.266 e. The third-order valence-electron chi connectivity index (χ3n) is 5.33. The van der Waals surface area contributed by atoms with Crippen molar-refractivity contribution < 1.29 is 0 Å². The number of anilines is 1. The Morgan fingerprint density at radius 3 is 2.83 bits per heavy atom. The van der Waals surface area contributed by atoms with E-state index in [1.165, 1.54) is 12.6 Å². The van der Waals surface area contributed by atoms with Crippen LogP contribution in [0.3, 0.4) is 0 Å². The van der Waals surface area contributed by atoms with E-state index in [1.807, 2.05) is 6.07 Å². The summed E-state index contributed by atoms with van der Waals surface area (Å²) >= 11 is 0. The van der Waals surface area contributed by atoms with Gasteiger partial charge in [0.15, 0.2) is 5.82 Å². The van der Waals surface area contributed by atoms with Crippen molar-refractivity contribution in [2.75, 3.05) is 25.0 Å². The van der Waals surface area contributed by atoms with Crippen LogP contribution >= 0.6 is 0 Å². The van der Waals surface area contributed by atoms with Crippen LogP contribution in [0.25, 0.3) is 0 Å². The maximum absolute atomic E-state index is 12.3. The summed E-state index contributed by atoms with van der Waals surface area (Å²) in [7, 11) is 0. The molecule has 0 aliphatic carbocycles. The van der Waals surface area contributed by atoms with E-state index in [1.54, 1.807) is 16.8 Å². The lowest BCUT2D eigenvalue weighted by molar-refractivity contribution is 0.147. The van der Waals surface area contributed by atoms with E-state index in [2.05, 4.69) is 52.4 Å². The van der Waals surface area contributed by atoms with E-state index >= 15 is 0 Å². The fourth-order valence-electron chi connectivity index (χ4n) is 3.58. The van der Waals surface area contributed by atoms with E-state index in [-0.39, 0.29) is 11.0 Å². The van der Waals surface area contributed by atoms with Gasteiger partial charge in [0.05, 0.1) is 24.0 Å². The second-order valence-corrected chi connectivity index (χ2v) is 8.50. The van der Waals surface area contributed by atoms with Crippen molar-refractivity contribution in [3.8, 4) is 6.07 Å². The van der Waals surface area contributed by atoms with Crippen molar-refractivity contribution >= 4 is 5.82 Å². The van der Waals surface area contributed by atoms with Crippen LogP contribution in [0.15, 0.2) is 29.2 Å². The minimum absolute atomic E-state index is 0.0668. The van der Waals surface area contributed by atoms with Crippen LogP contribution in [0.1, 0.15) is 51.3 Å². The third kappa shape index (κ3) is 5.39. The highest BCUT2D eigenvalue weighted by molar-refractivity contribution is 5.50. The molecule has 1 aliphatic rings. The van der Waals surface area contributed by atoms with Crippen molar-refractivity contribution in [3.05, 3.63) is 46.0 Å². The lowest BCUT2D eigenvalue weighted by atomic mass is 9.92.